The van der Waals surface area contributed by atoms with Crippen LogP contribution in [-0.2, 0) is 19.6 Å². The molecule has 7 nitrogen and oxygen atoms in total. The molecule has 6 aliphatic rings. The number of anilines is 1. The van der Waals surface area contributed by atoms with Crippen LogP contribution >= 0.6 is 0 Å². The van der Waals surface area contributed by atoms with Gasteiger partial charge in [-0.1, -0.05) is 24.3 Å². The Morgan fingerprint density at radius 1 is 1.22 bits per heavy atom. The highest BCUT2D eigenvalue weighted by Crippen LogP contribution is 2.70. The third-order valence-corrected chi connectivity index (χ3v) is 9.45. The van der Waals surface area contributed by atoms with Crippen LogP contribution in [0.15, 0.2) is 47.2 Å². The fourth-order valence-corrected chi connectivity index (χ4v) is 8.70. The molecule has 7 rings (SSSR count). The lowest BCUT2D eigenvalue weighted by molar-refractivity contribution is -0.312. The first-order valence-electron chi connectivity index (χ1n) is 11.8. The molecule has 1 spiro atoms. The van der Waals surface area contributed by atoms with Crippen molar-refractivity contribution in [1.29, 1.82) is 0 Å². The maximum absolute atomic E-state index is 6.74. The number of nitrogens with two attached hydrogens (primary N) is 2. The molecular weight excluding hydrogens is 404 g/mol. The number of nitrogens with zero attached hydrogens (tertiary/aromatic N) is 2. The van der Waals surface area contributed by atoms with Crippen molar-refractivity contribution in [3.63, 3.8) is 0 Å². The lowest BCUT2D eigenvalue weighted by Gasteiger charge is -2.65. The highest BCUT2D eigenvalue weighted by Gasteiger charge is 2.79. The standard InChI is InChI=1S/C25H32N4O3/c1-30-25(31-2)21-14-8-10-32-19-7-9-29-18-6-4-3-5-15(18)24(22(29)20(19)21)16(17(27)11-26)13-28(12-14)23(24)25/h3-6,8,19-23H,7,9-13,26-27H2,1-2H3/b17-16-/t19-,20+,21-,22-,23-,24?/m0/s1. The fraction of sp³-hybridized carbons (Fsp3) is 0.600. The van der Waals surface area contributed by atoms with Crippen molar-refractivity contribution < 1.29 is 14.2 Å². The van der Waals surface area contributed by atoms with Crippen molar-refractivity contribution in [2.24, 2.45) is 23.3 Å². The number of methoxy groups -OCH3 is 2. The number of hydrogen-bond acceptors (Lipinski definition) is 7. The number of benzene rings is 1. The van der Waals surface area contributed by atoms with E-state index >= 15 is 0 Å². The number of piperidine rings is 2. The zero-order valence-corrected chi connectivity index (χ0v) is 18.8. The van der Waals surface area contributed by atoms with Gasteiger partial charge < -0.3 is 30.6 Å². The highest BCUT2D eigenvalue weighted by molar-refractivity contribution is 5.73. The smallest absolute Gasteiger partial charge is 0.191 e. The van der Waals surface area contributed by atoms with E-state index in [9.17, 15) is 0 Å². The van der Waals surface area contributed by atoms with Crippen molar-refractivity contribution in [3.05, 3.63) is 52.7 Å². The molecule has 3 saturated heterocycles. The largest absolute Gasteiger partial charge is 0.401 e. The van der Waals surface area contributed by atoms with Crippen LogP contribution in [-0.4, -0.2) is 75.9 Å². The Bertz CT molecular complexity index is 1050. The van der Waals surface area contributed by atoms with Gasteiger partial charge in [0.15, 0.2) is 5.79 Å². The van der Waals surface area contributed by atoms with Gasteiger partial charge in [0.2, 0.25) is 0 Å². The lowest BCUT2D eigenvalue weighted by Crippen LogP contribution is -2.79. The molecule has 0 amide bonds. The zero-order valence-electron chi connectivity index (χ0n) is 18.8. The first kappa shape index (κ1) is 19.6. The average Bonchev–Trinajstić information content (AvgIpc) is 3.26. The first-order valence-corrected chi connectivity index (χ1v) is 11.8. The predicted octanol–water partition coefficient (Wildman–Crippen LogP) is 0.946. The van der Waals surface area contributed by atoms with Crippen LogP contribution in [0.3, 0.4) is 0 Å². The number of hydrogen-bond donors (Lipinski definition) is 2. The van der Waals surface area contributed by atoms with E-state index in [0.29, 0.717) is 13.2 Å². The van der Waals surface area contributed by atoms with Crippen molar-refractivity contribution in [1.82, 2.24) is 4.90 Å². The normalized spacial score (nSPS) is 41.8. The van der Waals surface area contributed by atoms with Gasteiger partial charge in [-0.25, -0.2) is 0 Å². The van der Waals surface area contributed by atoms with Crippen LogP contribution in [0.1, 0.15) is 12.0 Å². The van der Waals surface area contributed by atoms with E-state index < -0.39 is 5.79 Å². The van der Waals surface area contributed by atoms with Crippen molar-refractivity contribution in [2.45, 2.75) is 35.8 Å². The summed E-state index contributed by atoms with van der Waals surface area (Å²) in [4.78, 5) is 5.19. The molecule has 6 atom stereocenters. The maximum atomic E-state index is 6.74. The minimum atomic E-state index is -0.770. The molecular formula is C25H32N4O3. The summed E-state index contributed by atoms with van der Waals surface area (Å²) in [5, 5.41) is 0. The Hall–Kier alpha value is -1.90. The van der Waals surface area contributed by atoms with Gasteiger partial charge in [0.25, 0.3) is 0 Å². The molecule has 0 radical (unpaired) electrons. The first-order chi connectivity index (χ1) is 15.6. The van der Waals surface area contributed by atoms with Gasteiger partial charge in [0, 0.05) is 63.6 Å². The molecule has 32 heavy (non-hydrogen) atoms. The van der Waals surface area contributed by atoms with Crippen LogP contribution < -0.4 is 16.4 Å². The molecule has 5 aliphatic heterocycles. The van der Waals surface area contributed by atoms with Gasteiger partial charge in [0.05, 0.1) is 30.2 Å². The van der Waals surface area contributed by atoms with E-state index in [1.165, 1.54) is 22.4 Å². The minimum absolute atomic E-state index is 0.0245. The molecule has 1 aromatic carbocycles. The minimum Gasteiger partial charge on any atom is -0.401 e. The van der Waals surface area contributed by atoms with Gasteiger partial charge in [-0.3, -0.25) is 4.90 Å². The Balaban J connectivity index is 1.63. The van der Waals surface area contributed by atoms with Gasteiger partial charge in [0.1, 0.15) is 0 Å². The monoisotopic (exact) mass is 436 g/mol. The number of para-hydroxylation sites is 1. The molecule has 1 saturated carbocycles. The summed E-state index contributed by atoms with van der Waals surface area (Å²) in [6.45, 7) is 3.70. The summed E-state index contributed by atoms with van der Waals surface area (Å²) in [5.74, 6) is -0.365. The Labute approximate surface area is 188 Å². The molecule has 4 N–H and O–H groups in total. The van der Waals surface area contributed by atoms with Gasteiger partial charge in [-0.2, -0.15) is 0 Å². The second kappa shape index (κ2) is 6.36. The number of ether oxygens (including phenoxy) is 3. The van der Waals surface area contributed by atoms with Crippen molar-refractivity contribution in [2.75, 3.05) is 51.9 Å². The third kappa shape index (κ3) is 1.90. The zero-order chi connectivity index (χ0) is 21.8. The van der Waals surface area contributed by atoms with Gasteiger partial charge in [-0.15, -0.1) is 0 Å². The van der Waals surface area contributed by atoms with Crippen LogP contribution in [0.2, 0.25) is 0 Å². The molecule has 1 aliphatic carbocycles. The van der Waals surface area contributed by atoms with Crippen molar-refractivity contribution >= 4 is 5.69 Å². The average molecular weight is 437 g/mol. The van der Waals surface area contributed by atoms with E-state index in [0.717, 1.165) is 31.8 Å². The molecule has 4 fully saturated rings. The Morgan fingerprint density at radius 3 is 2.81 bits per heavy atom. The SMILES string of the molecule is COC1(OC)[C@H]2N3CC4=CCO[C@H]5CCN6c7ccccc7C2(/C(=C(\N)CN)C3)[C@@H]6[C@H]5[C@H]41. The van der Waals surface area contributed by atoms with E-state index in [1.807, 2.05) is 14.2 Å². The second-order valence-electron chi connectivity index (χ2n) is 10.2. The van der Waals surface area contributed by atoms with E-state index in [2.05, 4.69) is 40.1 Å². The quantitative estimate of drug-likeness (QED) is 0.539. The van der Waals surface area contributed by atoms with Crippen LogP contribution in [0.5, 0.6) is 0 Å². The number of rotatable bonds is 3. The van der Waals surface area contributed by atoms with Crippen LogP contribution in [0.4, 0.5) is 5.69 Å². The Morgan fingerprint density at radius 2 is 2.03 bits per heavy atom. The molecule has 2 bridgehead atoms. The van der Waals surface area contributed by atoms with Crippen molar-refractivity contribution in [3.8, 4) is 0 Å². The predicted molar refractivity (Wildman–Crippen MR) is 121 cm³/mol. The van der Waals surface area contributed by atoms with E-state index in [4.69, 9.17) is 25.7 Å². The molecule has 1 aromatic rings. The summed E-state index contributed by atoms with van der Waals surface area (Å²) < 4.78 is 19.5. The number of fused-ring (bicyclic) bond motifs is 2. The van der Waals surface area contributed by atoms with E-state index in [1.54, 1.807) is 0 Å². The van der Waals surface area contributed by atoms with Gasteiger partial charge in [-0.05, 0) is 29.2 Å². The van der Waals surface area contributed by atoms with Gasteiger partial charge >= 0.3 is 0 Å². The maximum Gasteiger partial charge on any atom is 0.191 e. The topological polar surface area (TPSA) is 86.2 Å². The molecule has 5 heterocycles. The van der Waals surface area contributed by atoms with E-state index in [-0.39, 0.29) is 35.4 Å². The van der Waals surface area contributed by atoms with Crippen LogP contribution in [0.25, 0.3) is 0 Å². The fourth-order valence-electron chi connectivity index (χ4n) is 8.70. The third-order valence-electron chi connectivity index (χ3n) is 9.45. The summed E-state index contributed by atoms with van der Waals surface area (Å²) in [6.07, 6.45) is 3.46. The molecule has 7 heteroatoms. The molecule has 170 valence electrons. The molecule has 1 unspecified atom stereocenters. The summed E-state index contributed by atoms with van der Waals surface area (Å²) in [5.41, 5.74) is 18.7. The highest BCUT2D eigenvalue weighted by atomic mass is 16.7. The Kier molecular flexibility index (Phi) is 3.89. The second-order valence-corrected chi connectivity index (χ2v) is 10.2. The summed E-state index contributed by atoms with van der Waals surface area (Å²) in [6, 6.07) is 9.17. The summed E-state index contributed by atoms with van der Waals surface area (Å²) in [7, 11) is 3.63. The lowest BCUT2D eigenvalue weighted by atomic mass is 9.49. The van der Waals surface area contributed by atoms with Crippen LogP contribution in [0, 0.1) is 11.8 Å². The molecule has 0 aromatic heterocycles. The summed E-state index contributed by atoms with van der Waals surface area (Å²) >= 11 is 0.